The highest BCUT2D eigenvalue weighted by Gasteiger charge is 2.36. The van der Waals surface area contributed by atoms with Gasteiger partial charge in [0, 0.05) is 13.0 Å². The lowest BCUT2D eigenvalue weighted by Crippen LogP contribution is -2.25. The van der Waals surface area contributed by atoms with Crippen LogP contribution in [0.2, 0.25) is 0 Å². The molecular weight excluding hydrogens is 270 g/mol. The third-order valence-corrected chi connectivity index (χ3v) is 3.64. The van der Waals surface area contributed by atoms with Crippen LogP contribution in [0, 0.1) is 13.8 Å². The lowest BCUT2D eigenvalue weighted by Gasteiger charge is -2.19. The summed E-state index contributed by atoms with van der Waals surface area (Å²) in [5.41, 5.74) is 1.87. The predicted octanol–water partition coefficient (Wildman–Crippen LogP) is 2.22. The molecule has 1 atom stereocenters. The number of aryl methyl sites for hydroxylation is 2. The average molecular weight is 287 g/mol. The van der Waals surface area contributed by atoms with Gasteiger partial charge in [-0.1, -0.05) is 11.2 Å². The summed E-state index contributed by atoms with van der Waals surface area (Å²) in [4.78, 5) is 18.3. The number of carbonyl (C=O) groups is 1. The fraction of sp³-hybridized carbons (Fsp3) is 0.400. The molecule has 0 unspecified atom stereocenters. The minimum absolute atomic E-state index is 0.0414. The second-order valence-corrected chi connectivity index (χ2v) is 5.26. The number of amides is 1. The number of methoxy groups -OCH3 is 1. The number of anilines is 1. The zero-order valence-corrected chi connectivity index (χ0v) is 12.3. The maximum absolute atomic E-state index is 12.3. The summed E-state index contributed by atoms with van der Waals surface area (Å²) in [6, 6.07) is 5.79. The van der Waals surface area contributed by atoms with Crippen LogP contribution in [-0.4, -0.2) is 29.7 Å². The predicted molar refractivity (Wildman–Crippen MR) is 76.5 cm³/mol. The van der Waals surface area contributed by atoms with Crippen molar-refractivity contribution in [3.63, 3.8) is 0 Å². The molecule has 1 aliphatic rings. The molecule has 0 spiro atoms. The number of hydrogen-bond donors (Lipinski definition) is 0. The molecule has 1 saturated heterocycles. The van der Waals surface area contributed by atoms with Gasteiger partial charge in [0.2, 0.25) is 11.8 Å². The van der Waals surface area contributed by atoms with E-state index in [0.717, 1.165) is 11.3 Å². The molecule has 0 bridgehead atoms. The zero-order chi connectivity index (χ0) is 15.0. The van der Waals surface area contributed by atoms with Crippen molar-refractivity contribution < 1.29 is 14.1 Å². The molecule has 21 heavy (non-hydrogen) atoms. The Balaban J connectivity index is 1.90. The Kier molecular flexibility index (Phi) is 3.37. The fourth-order valence-electron chi connectivity index (χ4n) is 2.60. The highest BCUT2D eigenvalue weighted by atomic mass is 16.5. The van der Waals surface area contributed by atoms with Gasteiger partial charge in [0.1, 0.15) is 5.75 Å². The molecule has 0 aliphatic carbocycles. The van der Waals surface area contributed by atoms with E-state index in [1.165, 1.54) is 0 Å². The van der Waals surface area contributed by atoms with Crippen molar-refractivity contribution in [2.45, 2.75) is 26.2 Å². The molecular formula is C15H17N3O3. The molecule has 1 amide bonds. The van der Waals surface area contributed by atoms with E-state index in [2.05, 4.69) is 10.1 Å². The Hall–Kier alpha value is -2.37. The smallest absolute Gasteiger partial charge is 0.232 e. The number of carbonyl (C=O) groups excluding carboxylic acids is 1. The topological polar surface area (TPSA) is 68.5 Å². The van der Waals surface area contributed by atoms with E-state index in [4.69, 9.17) is 9.26 Å². The largest absolute Gasteiger partial charge is 0.495 e. The van der Waals surface area contributed by atoms with Crippen LogP contribution in [-0.2, 0) is 4.79 Å². The molecule has 0 N–H and O–H groups in total. The molecule has 2 heterocycles. The van der Waals surface area contributed by atoms with Crippen LogP contribution < -0.4 is 9.64 Å². The molecule has 6 nitrogen and oxygen atoms in total. The van der Waals surface area contributed by atoms with Crippen molar-refractivity contribution in [1.29, 1.82) is 0 Å². The first-order chi connectivity index (χ1) is 10.1. The molecule has 1 aliphatic heterocycles. The van der Waals surface area contributed by atoms with Gasteiger partial charge < -0.3 is 14.2 Å². The average Bonchev–Trinajstić information content (AvgIpc) is 3.05. The van der Waals surface area contributed by atoms with Crippen LogP contribution in [0.5, 0.6) is 5.75 Å². The third-order valence-electron chi connectivity index (χ3n) is 3.64. The Labute approximate surface area is 122 Å². The fourth-order valence-corrected chi connectivity index (χ4v) is 2.60. The summed E-state index contributed by atoms with van der Waals surface area (Å²) in [5.74, 6) is 1.78. The first-order valence-corrected chi connectivity index (χ1v) is 6.83. The van der Waals surface area contributed by atoms with Crippen molar-refractivity contribution in [3.8, 4) is 5.75 Å². The normalized spacial score (nSPS) is 18.3. The SMILES string of the molecule is COc1ccc(C)cc1N1C[C@@H](c2nc(C)no2)CC1=O. The van der Waals surface area contributed by atoms with E-state index in [1.54, 1.807) is 18.9 Å². The zero-order valence-electron chi connectivity index (χ0n) is 12.3. The molecule has 1 aromatic heterocycles. The van der Waals surface area contributed by atoms with Crippen molar-refractivity contribution in [1.82, 2.24) is 10.1 Å². The van der Waals surface area contributed by atoms with Crippen molar-refractivity contribution >= 4 is 11.6 Å². The molecule has 1 aromatic carbocycles. The van der Waals surface area contributed by atoms with Crippen molar-refractivity contribution in [2.75, 3.05) is 18.6 Å². The van der Waals surface area contributed by atoms with Gasteiger partial charge >= 0.3 is 0 Å². The number of aromatic nitrogens is 2. The van der Waals surface area contributed by atoms with Crippen LogP contribution in [0.25, 0.3) is 0 Å². The Morgan fingerprint density at radius 1 is 1.38 bits per heavy atom. The molecule has 110 valence electrons. The number of hydrogen-bond acceptors (Lipinski definition) is 5. The lowest BCUT2D eigenvalue weighted by molar-refractivity contribution is -0.117. The first kappa shape index (κ1) is 13.6. The van der Waals surface area contributed by atoms with Gasteiger partial charge in [0.15, 0.2) is 5.82 Å². The summed E-state index contributed by atoms with van der Waals surface area (Å²) in [6.45, 7) is 4.29. The quantitative estimate of drug-likeness (QED) is 0.865. The summed E-state index contributed by atoms with van der Waals surface area (Å²) < 4.78 is 10.6. The van der Waals surface area contributed by atoms with E-state index in [9.17, 15) is 4.79 Å². The molecule has 1 fully saturated rings. The lowest BCUT2D eigenvalue weighted by atomic mass is 10.1. The van der Waals surface area contributed by atoms with Crippen LogP contribution in [0.15, 0.2) is 22.7 Å². The number of rotatable bonds is 3. The molecule has 0 saturated carbocycles. The van der Waals surface area contributed by atoms with Crippen molar-refractivity contribution in [3.05, 3.63) is 35.5 Å². The maximum Gasteiger partial charge on any atom is 0.232 e. The number of benzene rings is 1. The Morgan fingerprint density at radius 2 is 2.19 bits per heavy atom. The van der Waals surface area contributed by atoms with Gasteiger partial charge in [-0.15, -0.1) is 0 Å². The van der Waals surface area contributed by atoms with Crippen LogP contribution in [0.3, 0.4) is 0 Å². The second-order valence-electron chi connectivity index (χ2n) is 5.26. The highest BCUT2D eigenvalue weighted by Crippen LogP contribution is 2.36. The maximum atomic E-state index is 12.3. The van der Waals surface area contributed by atoms with E-state index in [1.807, 2.05) is 25.1 Å². The Morgan fingerprint density at radius 3 is 2.86 bits per heavy atom. The van der Waals surface area contributed by atoms with Crippen LogP contribution in [0.1, 0.15) is 29.6 Å². The van der Waals surface area contributed by atoms with Gasteiger partial charge in [0.05, 0.1) is 18.7 Å². The minimum Gasteiger partial charge on any atom is -0.495 e. The van der Waals surface area contributed by atoms with Gasteiger partial charge in [-0.3, -0.25) is 4.79 Å². The van der Waals surface area contributed by atoms with Crippen LogP contribution in [0.4, 0.5) is 5.69 Å². The standard InChI is InChI=1S/C15H17N3O3/c1-9-4-5-13(20-3)12(6-9)18-8-11(7-14(18)19)15-16-10(2)17-21-15/h4-6,11H,7-8H2,1-3H3/t11-/m0/s1. The van der Waals surface area contributed by atoms with Crippen LogP contribution >= 0.6 is 0 Å². The summed E-state index contributed by atoms with van der Waals surface area (Å²) in [7, 11) is 1.60. The molecule has 3 rings (SSSR count). The highest BCUT2D eigenvalue weighted by molar-refractivity contribution is 5.97. The van der Waals surface area contributed by atoms with Gasteiger partial charge in [0.25, 0.3) is 0 Å². The minimum atomic E-state index is -0.0658. The summed E-state index contributed by atoms with van der Waals surface area (Å²) in [6.07, 6.45) is 0.374. The Bertz CT molecular complexity index is 681. The third kappa shape index (κ3) is 2.49. The van der Waals surface area contributed by atoms with E-state index in [-0.39, 0.29) is 11.8 Å². The number of ether oxygens (including phenoxy) is 1. The first-order valence-electron chi connectivity index (χ1n) is 6.83. The van der Waals surface area contributed by atoms with Gasteiger partial charge in [-0.25, -0.2) is 0 Å². The van der Waals surface area contributed by atoms with Gasteiger partial charge in [-0.05, 0) is 31.5 Å². The van der Waals surface area contributed by atoms with E-state index in [0.29, 0.717) is 30.4 Å². The number of nitrogens with zero attached hydrogens (tertiary/aromatic N) is 3. The van der Waals surface area contributed by atoms with E-state index < -0.39 is 0 Å². The summed E-state index contributed by atoms with van der Waals surface area (Å²) in [5, 5.41) is 3.79. The van der Waals surface area contributed by atoms with Crippen molar-refractivity contribution in [2.24, 2.45) is 0 Å². The summed E-state index contributed by atoms with van der Waals surface area (Å²) >= 11 is 0. The van der Waals surface area contributed by atoms with Gasteiger partial charge in [-0.2, -0.15) is 4.98 Å². The monoisotopic (exact) mass is 287 g/mol. The molecule has 0 radical (unpaired) electrons. The van der Waals surface area contributed by atoms with E-state index >= 15 is 0 Å². The second kappa shape index (κ2) is 5.20. The molecule has 2 aromatic rings. The molecule has 6 heteroatoms.